The van der Waals surface area contributed by atoms with Gasteiger partial charge in [0.2, 0.25) is 3.79 Å². The Hall–Kier alpha value is -0.0300. The fourth-order valence-electron chi connectivity index (χ4n) is 1.33. The third kappa shape index (κ3) is 3.48. The van der Waals surface area contributed by atoms with E-state index in [0.29, 0.717) is 23.9 Å². The summed E-state index contributed by atoms with van der Waals surface area (Å²) in [5.41, 5.74) is 6.53. The van der Waals surface area contributed by atoms with Crippen LogP contribution in [0.25, 0.3) is 0 Å². The lowest BCUT2D eigenvalue weighted by atomic mass is 10.1. The van der Waals surface area contributed by atoms with Crippen LogP contribution in [0.15, 0.2) is 0 Å². The summed E-state index contributed by atoms with van der Waals surface area (Å²) < 4.78 is 0.0877. The van der Waals surface area contributed by atoms with Crippen LogP contribution in [-0.2, 0) is 16.9 Å². The van der Waals surface area contributed by atoms with Gasteiger partial charge in [0.1, 0.15) is 11.4 Å². The lowest BCUT2D eigenvalue weighted by Gasteiger charge is -2.15. The van der Waals surface area contributed by atoms with E-state index in [1.165, 1.54) is 0 Å². The van der Waals surface area contributed by atoms with Crippen molar-refractivity contribution < 1.29 is 0 Å². The molecule has 0 saturated carbocycles. The van der Waals surface area contributed by atoms with Crippen molar-refractivity contribution in [1.29, 1.82) is 0 Å². The summed E-state index contributed by atoms with van der Waals surface area (Å²) in [6.07, 6.45) is 0.946. The average Bonchev–Trinajstić information content (AvgIpc) is 2.56. The van der Waals surface area contributed by atoms with E-state index in [9.17, 15) is 0 Å². The van der Waals surface area contributed by atoms with Crippen molar-refractivity contribution in [1.82, 2.24) is 15.0 Å². The van der Waals surface area contributed by atoms with E-state index in [4.69, 9.17) is 40.5 Å². The van der Waals surface area contributed by atoms with Crippen LogP contribution in [0, 0.1) is 5.92 Å². The molecule has 7 heteroatoms. The first-order chi connectivity index (χ1) is 7.36. The maximum Gasteiger partial charge on any atom is 0.234 e. The molecule has 0 spiro atoms. The highest BCUT2D eigenvalue weighted by atomic mass is 35.6. The van der Waals surface area contributed by atoms with E-state index in [1.807, 2.05) is 0 Å². The first-order valence-corrected chi connectivity index (χ1v) is 6.19. The van der Waals surface area contributed by atoms with Gasteiger partial charge in [0.15, 0.2) is 0 Å². The molecule has 0 radical (unpaired) electrons. The zero-order chi connectivity index (χ0) is 12.3. The Morgan fingerprint density at radius 2 is 2.00 bits per heavy atom. The summed E-state index contributed by atoms with van der Waals surface area (Å²) in [6.45, 7) is 5.13. The molecule has 0 unspecified atom stereocenters. The maximum absolute atomic E-state index is 5.88. The number of halogens is 3. The van der Waals surface area contributed by atoms with Gasteiger partial charge in [-0.25, -0.2) is 4.68 Å². The number of aromatic nitrogens is 3. The van der Waals surface area contributed by atoms with Crippen molar-refractivity contribution in [3.63, 3.8) is 0 Å². The highest BCUT2D eigenvalue weighted by Gasteiger charge is 2.31. The van der Waals surface area contributed by atoms with Crippen LogP contribution in [0.5, 0.6) is 0 Å². The monoisotopic (exact) mass is 284 g/mol. The average molecular weight is 286 g/mol. The van der Waals surface area contributed by atoms with Crippen LogP contribution < -0.4 is 5.73 Å². The third-order valence-electron chi connectivity index (χ3n) is 2.18. The second-order valence-corrected chi connectivity index (χ2v) is 6.27. The number of rotatable bonds is 4. The molecule has 1 aromatic heterocycles. The molecule has 0 bridgehead atoms. The molecule has 4 nitrogen and oxygen atoms in total. The van der Waals surface area contributed by atoms with Gasteiger partial charge in [-0.05, 0) is 12.3 Å². The minimum absolute atomic E-state index is 0.213. The van der Waals surface area contributed by atoms with Crippen LogP contribution in [-0.4, -0.2) is 15.0 Å². The van der Waals surface area contributed by atoms with Crippen molar-refractivity contribution >= 4 is 34.8 Å². The summed E-state index contributed by atoms with van der Waals surface area (Å²) in [5.74, 6) is 0.550. The molecule has 0 fully saturated rings. The number of nitrogens with zero attached hydrogens (tertiary/aromatic N) is 3. The van der Waals surface area contributed by atoms with E-state index in [1.54, 1.807) is 4.68 Å². The lowest BCUT2D eigenvalue weighted by Crippen LogP contribution is -2.16. The standard InChI is InChI=1S/C9H15Cl3N4/c1-6(2)3-4-16-8(9(10,11)12)7(5-13)14-15-16/h6H,3-5,13H2,1-2H3. The molecule has 0 aromatic carbocycles. The molecule has 16 heavy (non-hydrogen) atoms. The second-order valence-electron chi connectivity index (χ2n) is 3.99. The molecule has 2 N–H and O–H groups in total. The van der Waals surface area contributed by atoms with E-state index in [2.05, 4.69) is 24.2 Å². The zero-order valence-corrected chi connectivity index (χ0v) is 11.5. The first-order valence-electron chi connectivity index (χ1n) is 5.06. The lowest BCUT2D eigenvalue weighted by molar-refractivity contribution is 0.468. The molecular formula is C9H15Cl3N4. The summed E-state index contributed by atoms with van der Waals surface area (Å²) in [4.78, 5) is 0. The van der Waals surface area contributed by atoms with Gasteiger partial charge in [-0.1, -0.05) is 53.9 Å². The van der Waals surface area contributed by atoms with Crippen LogP contribution in [0.2, 0.25) is 0 Å². The molecular weight excluding hydrogens is 270 g/mol. The first kappa shape index (κ1) is 14.0. The van der Waals surface area contributed by atoms with Gasteiger partial charge in [-0.15, -0.1) is 5.10 Å². The third-order valence-corrected chi connectivity index (χ3v) is 2.72. The number of aryl methyl sites for hydroxylation is 1. The smallest absolute Gasteiger partial charge is 0.234 e. The Kier molecular flexibility index (Phi) is 4.86. The van der Waals surface area contributed by atoms with Gasteiger partial charge in [-0.3, -0.25) is 0 Å². The molecule has 1 aromatic rings. The Bertz CT molecular complexity index is 343. The van der Waals surface area contributed by atoms with Gasteiger partial charge in [0, 0.05) is 13.1 Å². The van der Waals surface area contributed by atoms with E-state index in [-0.39, 0.29) is 6.54 Å². The molecule has 0 aliphatic heterocycles. The molecule has 1 heterocycles. The van der Waals surface area contributed by atoms with Gasteiger partial charge in [-0.2, -0.15) is 0 Å². The zero-order valence-electron chi connectivity index (χ0n) is 9.25. The van der Waals surface area contributed by atoms with E-state index in [0.717, 1.165) is 6.42 Å². The minimum Gasteiger partial charge on any atom is -0.325 e. The minimum atomic E-state index is -1.53. The molecule has 0 aliphatic carbocycles. The number of alkyl halides is 3. The fraction of sp³-hybridized carbons (Fsp3) is 0.778. The largest absolute Gasteiger partial charge is 0.325 e. The summed E-state index contributed by atoms with van der Waals surface area (Å²) in [6, 6.07) is 0. The van der Waals surface area contributed by atoms with Crippen LogP contribution >= 0.6 is 34.8 Å². The Balaban J connectivity index is 2.96. The van der Waals surface area contributed by atoms with Gasteiger partial charge < -0.3 is 5.73 Å². The highest BCUT2D eigenvalue weighted by Crippen LogP contribution is 2.39. The molecule has 0 saturated heterocycles. The maximum atomic E-state index is 5.88. The Morgan fingerprint density at radius 3 is 2.44 bits per heavy atom. The second kappa shape index (κ2) is 5.54. The summed E-state index contributed by atoms with van der Waals surface area (Å²) in [5, 5.41) is 7.87. The van der Waals surface area contributed by atoms with Gasteiger partial charge in [0.05, 0.1) is 0 Å². The molecule has 0 aliphatic rings. The van der Waals surface area contributed by atoms with Crippen LogP contribution in [0.1, 0.15) is 31.7 Å². The molecule has 0 atom stereocenters. The number of hydrogen-bond acceptors (Lipinski definition) is 3. The van der Waals surface area contributed by atoms with Crippen LogP contribution in [0.3, 0.4) is 0 Å². The van der Waals surface area contributed by atoms with Gasteiger partial charge in [0.25, 0.3) is 0 Å². The van der Waals surface area contributed by atoms with Crippen LogP contribution in [0.4, 0.5) is 0 Å². The Morgan fingerprint density at radius 1 is 1.38 bits per heavy atom. The summed E-state index contributed by atoms with van der Waals surface area (Å²) in [7, 11) is 0. The topological polar surface area (TPSA) is 56.7 Å². The van der Waals surface area contributed by atoms with Crippen molar-refractivity contribution in [2.75, 3.05) is 0 Å². The fourth-order valence-corrected chi connectivity index (χ4v) is 1.95. The highest BCUT2D eigenvalue weighted by molar-refractivity contribution is 6.66. The SMILES string of the molecule is CC(C)CCn1nnc(CN)c1C(Cl)(Cl)Cl. The quantitative estimate of drug-likeness (QED) is 0.865. The molecule has 0 amide bonds. The van der Waals surface area contributed by atoms with E-state index >= 15 is 0 Å². The van der Waals surface area contributed by atoms with Crippen molar-refractivity contribution in [3.05, 3.63) is 11.4 Å². The molecule has 1 rings (SSSR count). The summed E-state index contributed by atoms with van der Waals surface area (Å²) >= 11 is 17.6. The van der Waals surface area contributed by atoms with Crippen molar-refractivity contribution in [2.24, 2.45) is 11.7 Å². The van der Waals surface area contributed by atoms with Crippen molar-refractivity contribution in [3.8, 4) is 0 Å². The molecule has 92 valence electrons. The van der Waals surface area contributed by atoms with Gasteiger partial charge >= 0.3 is 0 Å². The van der Waals surface area contributed by atoms with Crippen molar-refractivity contribution in [2.45, 2.75) is 37.2 Å². The number of nitrogens with two attached hydrogens (primary N) is 1. The normalized spacial score (nSPS) is 12.4. The Labute approximate surface area is 110 Å². The van der Waals surface area contributed by atoms with E-state index < -0.39 is 3.79 Å². The number of hydrogen-bond donors (Lipinski definition) is 1. The predicted octanol–water partition coefficient (Wildman–Crippen LogP) is 2.61. The predicted molar refractivity (Wildman–Crippen MR) is 66.6 cm³/mol.